The van der Waals surface area contributed by atoms with Crippen molar-refractivity contribution >= 4 is 42.6 Å². The molecule has 0 radical (unpaired) electrons. The Bertz CT molecular complexity index is 678. The smallest absolute Gasteiger partial charge is 0.183 e. The van der Waals surface area contributed by atoms with Crippen molar-refractivity contribution < 1.29 is 0 Å². The maximum absolute atomic E-state index is 4.57. The van der Waals surface area contributed by atoms with Gasteiger partial charge in [-0.15, -0.1) is 0 Å². The summed E-state index contributed by atoms with van der Waals surface area (Å²) in [6.45, 7) is 1.98. The minimum atomic E-state index is 0.954. The van der Waals surface area contributed by atoms with Gasteiger partial charge in [0.1, 0.15) is 0 Å². The van der Waals surface area contributed by atoms with Gasteiger partial charge in [0.25, 0.3) is 0 Å². The normalized spacial score (nSPS) is 11.1. The van der Waals surface area contributed by atoms with Crippen LogP contribution in [0, 0.1) is 0 Å². The van der Waals surface area contributed by atoms with Crippen molar-refractivity contribution in [3.05, 3.63) is 41.4 Å². The summed E-state index contributed by atoms with van der Waals surface area (Å²) in [4.78, 5) is 8.61. The van der Waals surface area contributed by atoms with E-state index in [2.05, 4.69) is 41.8 Å². The second kappa shape index (κ2) is 6.37. The monoisotopic (exact) mass is 350 g/mol. The molecule has 6 heteroatoms. The number of benzene rings is 1. The molecule has 0 unspecified atom stereocenters. The molecule has 4 nitrogen and oxygen atoms in total. The molecule has 1 aromatic carbocycles. The Labute approximate surface area is 130 Å². The Kier molecular flexibility index (Phi) is 4.32. The lowest BCUT2D eigenvalue weighted by atomic mass is 10.3. The van der Waals surface area contributed by atoms with E-state index in [0.29, 0.717) is 0 Å². The van der Waals surface area contributed by atoms with Gasteiger partial charge in [0.05, 0.1) is 16.5 Å². The standard InChI is InChI=1S/C14H15BrN4S/c15-11-3-4-12-13(9-11)20-14(18-12)17-5-1-2-7-19-8-6-16-10-19/h3-4,6,8-10H,1-2,5,7H2,(H,17,18). The highest BCUT2D eigenvalue weighted by Crippen LogP contribution is 2.28. The molecule has 0 atom stereocenters. The fraction of sp³-hybridized carbons (Fsp3) is 0.286. The second-order valence-electron chi connectivity index (χ2n) is 4.57. The molecule has 0 amide bonds. The Morgan fingerprint density at radius 3 is 3.10 bits per heavy atom. The third-order valence-electron chi connectivity index (χ3n) is 3.03. The van der Waals surface area contributed by atoms with Crippen LogP contribution in [-0.4, -0.2) is 21.1 Å². The SMILES string of the molecule is Brc1ccc2nc(NCCCCn3ccnc3)sc2c1. The predicted molar refractivity (Wildman–Crippen MR) is 87.3 cm³/mol. The van der Waals surface area contributed by atoms with Crippen molar-refractivity contribution in [2.45, 2.75) is 19.4 Å². The highest BCUT2D eigenvalue weighted by molar-refractivity contribution is 9.10. The molecule has 1 N–H and O–H groups in total. The van der Waals surface area contributed by atoms with Crippen molar-refractivity contribution in [3.8, 4) is 0 Å². The second-order valence-corrected chi connectivity index (χ2v) is 6.51. The highest BCUT2D eigenvalue weighted by atomic mass is 79.9. The number of unbranched alkanes of at least 4 members (excludes halogenated alkanes) is 1. The van der Waals surface area contributed by atoms with E-state index in [0.717, 1.165) is 41.1 Å². The molecule has 2 aromatic heterocycles. The van der Waals surface area contributed by atoms with Crippen molar-refractivity contribution in [2.24, 2.45) is 0 Å². The molecule has 3 rings (SSSR count). The van der Waals surface area contributed by atoms with E-state index >= 15 is 0 Å². The number of nitrogens with one attached hydrogen (secondary N) is 1. The maximum atomic E-state index is 4.57. The fourth-order valence-electron chi connectivity index (χ4n) is 2.01. The number of imidazole rings is 1. The molecule has 0 saturated carbocycles. The van der Waals surface area contributed by atoms with Crippen molar-refractivity contribution in [1.82, 2.24) is 14.5 Å². The average Bonchev–Trinajstić information content (AvgIpc) is 3.06. The van der Waals surface area contributed by atoms with E-state index in [-0.39, 0.29) is 0 Å². The molecular formula is C14H15BrN4S. The molecule has 0 aliphatic heterocycles. The largest absolute Gasteiger partial charge is 0.361 e. The molecule has 20 heavy (non-hydrogen) atoms. The first kappa shape index (κ1) is 13.6. The number of nitrogens with zero attached hydrogens (tertiary/aromatic N) is 3. The molecule has 0 aliphatic rings. The van der Waals surface area contributed by atoms with Gasteiger partial charge in [0, 0.05) is 30.0 Å². The number of rotatable bonds is 6. The van der Waals surface area contributed by atoms with E-state index in [1.165, 1.54) is 4.70 Å². The highest BCUT2D eigenvalue weighted by Gasteiger charge is 2.03. The lowest BCUT2D eigenvalue weighted by Crippen LogP contribution is -2.03. The van der Waals surface area contributed by atoms with Crippen LogP contribution < -0.4 is 5.32 Å². The summed E-state index contributed by atoms with van der Waals surface area (Å²) >= 11 is 5.18. The van der Waals surface area contributed by atoms with Crippen LogP contribution in [0.4, 0.5) is 5.13 Å². The molecule has 0 saturated heterocycles. The summed E-state index contributed by atoms with van der Waals surface area (Å²) in [6.07, 6.45) is 7.94. The Balaban J connectivity index is 1.47. The van der Waals surface area contributed by atoms with Crippen LogP contribution in [0.25, 0.3) is 10.2 Å². The van der Waals surface area contributed by atoms with Crippen LogP contribution in [0.5, 0.6) is 0 Å². The molecular weight excluding hydrogens is 336 g/mol. The van der Waals surface area contributed by atoms with Crippen LogP contribution >= 0.6 is 27.3 Å². The lowest BCUT2D eigenvalue weighted by molar-refractivity contribution is 0.621. The van der Waals surface area contributed by atoms with Crippen LogP contribution in [0.2, 0.25) is 0 Å². The van der Waals surface area contributed by atoms with E-state index in [9.17, 15) is 0 Å². The summed E-state index contributed by atoms with van der Waals surface area (Å²) in [5, 5.41) is 4.40. The number of hydrogen-bond acceptors (Lipinski definition) is 4. The first-order valence-electron chi connectivity index (χ1n) is 6.57. The third kappa shape index (κ3) is 3.37. The Hall–Kier alpha value is -1.40. The van der Waals surface area contributed by atoms with Crippen molar-refractivity contribution in [3.63, 3.8) is 0 Å². The van der Waals surface area contributed by atoms with Crippen LogP contribution in [0.15, 0.2) is 41.4 Å². The zero-order valence-corrected chi connectivity index (χ0v) is 13.3. The van der Waals surface area contributed by atoms with Crippen molar-refractivity contribution in [1.29, 1.82) is 0 Å². The first-order valence-corrected chi connectivity index (χ1v) is 8.18. The average molecular weight is 351 g/mol. The molecule has 2 heterocycles. The van der Waals surface area contributed by atoms with Gasteiger partial charge in [0.2, 0.25) is 0 Å². The number of aromatic nitrogens is 3. The topological polar surface area (TPSA) is 42.7 Å². The van der Waals surface area contributed by atoms with Crippen LogP contribution in [-0.2, 0) is 6.54 Å². The minimum Gasteiger partial charge on any atom is -0.361 e. The first-order chi connectivity index (χ1) is 9.81. The van der Waals surface area contributed by atoms with E-state index < -0.39 is 0 Å². The summed E-state index contributed by atoms with van der Waals surface area (Å²) in [5.41, 5.74) is 1.05. The minimum absolute atomic E-state index is 0.954. The third-order valence-corrected chi connectivity index (χ3v) is 4.50. The van der Waals surface area contributed by atoms with Crippen LogP contribution in [0.1, 0.15) is 12.8 Å². The zero-order valence-electron chi connectivity index (χ0n) is 10.9. The molecule has 0 fully saturated rings. The maximum Gasteiger partial charge on any atom is 0.183 e. The van der Waals surface area contributed by atoms with E-state index in [4.69, 9.17) is 0 Å². The van der Waals surface area contributed by atoms with Gasteiger partial charge in [-0.05, 0) is 31.0 Å². The van der Waals surface area contributed by atoms with Gasteiger partial charge in [-0.1, -0.05) is 27.3 Å². The van der Waals surface area contributed by atoms with Gasteiger partial charge >= 0.3 is 0 Å². The number of fused-ring (bicyclic) bond motifs is 1. The van der Waals surface area contributed by atoms with Gasteiger partial charge in [-0.2, -0.15) is 0 Å². The molecule has 0 aliphatic carbocycles. The Morgan fingerprint density at radius 1 is 1.30 bits per heavy atom. The van der Waals surface area contributed by atoms with Crippen molar-refractivity contribution in [2.75, 3.05) is 11.9 Å². The molecule has 0 bridgehead atoms. The van der Waals surface area contributed by atoms with E-state index in [1.807, 2.05) is 30.9 Å². The molecule has 104 valence electrons. The summed E-state index contributed by atoms with van der Waals surface area (Å²) < 4.78 is 4.41. The summed E-state index contributed by atoms with van der Waals surface area (Å²) in [5.74, 6) is 0. The quantitative estimate of drug-likeness (QED) is 0.679. The summed E-state index contributed by atoms with van der Waals surface area (Å²) in [7, 11) is 0. The lowest BCUT2D eigenvalue weighted by Gasteiger charge is -2.03. The van der Waals surface area contributed by atoms with Gasteiger partial charge in [0.15, 0.2) is 5.13 Å². The van der Waals surface area contributed by atoms with Gasteiger partial charge in [-0.25, -0.2) is 9.97 Å². The van der Waals surface area contributed by atoms with Gasteiger partial charge < -0.3 is 9.88 Å². The van der Waals surface area contributed by atoms with Gasteiger partial charge in [-0.3, -0.25) is 0 Å². The number of halogens is 1. The summed E-state index contributed by atoms with van der Waals surface area (Å²) in [6, 6.07) is 6.17. The van der Waals surface area contributed by atoms with E-state index in [1.54, 1.807) is 11.3 Å². The van der Waals surface area contributed by atoms with Crippen LogP contribution in [0.3, 0.4) is 0 Å². The molecule has 0 spiro atoms. The number of hydrogen-bond donors (Lipinski definition) is 1. The zero-order chi connectivity index (χ0) is 13.8. The number of aryl methyl sites for hydroxylation is 1. The Morgan fingerprint density at radius 2 is 2.25 bits per heavy atom. The number of anilines is 1. The fourth-order valence-corrected chi connectivity index (χ4v) is 3.45. The molecule has 3 aromatic rings. The number of thiazole rings is 1. The predicted octanol–water partition coefficient (Wildman–Crippen LogP) is 4.15.